The number of nitrogens with one attached hydrogen (secondary N) is 1. The van der Waals surface area contributed by atoms with Crippen LogP contribution in [0.1, 0.15) is 55.3 Å². The highest BCUT2D eigenvalue weighted by Crippen LogP contribution is 2.39. The quantitative estimate of drug-likeness (QED) is 0.831. The lowest BCUT2D eigenvalue weighted by Gasteiger charge is -2.36. The molecule has 1 aromatic carbocycles. The largest absolute Gasteiger partial charge is 0.310 e. The molecule has 1 saturated carbocycles. The van der Waals surface area contributed by atoms with Crippen molar-refractivity contribution in [1.82, 2.24) is 15.1 Å². The molecule has 0 spiro atoms. The second-order valence-corrected chi connectivity index (χ2v) is 7.60. The van der Waals surface area contributed by atoms with Crippen LogP contribution in [-0.4, -0.2) is 15.8 Å². The Balaban J connectivity index is 1.54. The van der Waals surface area contributed by atoms with Gasteiger partial charge in [-0.05, 0) is 42.4 Å². The van der Waals surface area contributed by atoms with E-state index in [1.165, 1.54) is 16.8 Å². The standard InChI is InChI=1S/C18H23Cl2N3/c1-11(2)18-14(10-23(3)22-18)9-21-15-6-13(7-15)12-4-5-16(19)17(20)8-12/h4-5,8,10-11,13,15,21H,6-7,9H2,1-3H3. The van der Waals surface area contributed by atoms with Gasteiger partial charge in [-0.2, -0.15) is 5.10 Å². The normalized spacial score (nSPS) is 20.8. The SMILES string of the molecule is CC(C)c1nn(C)cc1CNC1CC(c2ccc(Cl)c(Cl)c2)C1. The number of rotatable bonds is 5. The molecule has 0 saturated heterocycles. The molecular formula is C18H23Cl2N3. The number of hydrogen-bond acceptors (Lipinski definition) is 2. The third-order valence-electron chi connectivity index (χ3n) is 4.62. The molecule has 1 N–H and O–H groups in total. The van der Waals surface area contributed by atoms with Crippen LogP contribution in [0.25, 0.3) is 0 Å². The fraction of sp³-hybridized carbons (Fsp3) is 0.500. The third-order valence-corrected chi connectivity index (χ3v) is 5.36. The molecule has 0 radical (unpaired) electrons. The van der Waals surface area contributed by atoms with Crippen LogP contribution in [0.4, 0.5) is 0 Å². The molecule has 1 aromatic heterocycles. The lowest BCUT2D eigenvalue weighted by atomic mass is 9.76. The summed E-state index contributed by atoms with van der Waals surface area (Å²) in [6.07, 6.45) is 4.42. The molecule has 0 aliphatic heterocycles. The van der Waals surface area contributed by atoms with Crippen molar-refractivity contribution in [2.45, 2.75) is 51.1 Å². The highest BCUT2D eigenvalue weighted by atomic mass is 35.5. The zero-order chi connectivity index (χ0) is 16.6. The number of nitrogens with zero attached hydrogens (tertiary/aromatic N) is 2. The van der Waals surface area contributed by atoms with Gasteiger partial charge in [-0.1, -0.05) is 43.1 Å². The third kappa shape index (κ3) is 3.73. The molecule has 3 rings (SSSR count). The van der Waals surface area contributed by atoms with Crippen molar-refractivity contribution >= 4 is 23.2 Å². The molecule has 1 aliphatic rings. The number of hydrogen-bond donors (Lipinski definition) is 1. The number of aryl methyl sites for hydroxylation is 1. The predicted octanol–water partition coefficient (Wildman–Crippen LogP) is 4.89. The first-order chi connectivity index (χ1) is 10.9. The molecule has 5 heteroatoms. The van der Waals surface area contributed by atoms with Crippen LogP contribution < -0.4 is 5.32 Å². The maximum absolute atomic E-state index is 6.11. The van der Waals surface area contributed by atoms with Gasteiger partial charge in [0.1, 0.15) is 0 Å². The second-order valence-electron chi connectivity index (χ2n) is 6.79. The topological polar surface area (TPSA) is 29.9 Å². The van der Waals surface area contributed by atoms with E-state index < -0.39 is 0 Å². The van der Waals surface area contributed by atoms with Crippen molar-refractivity contribution in [1.29, 1.82) is 0 Å². The van der Waals surface area contributed by atoms with Gasteiger partial charge in [0.15, 0.2) is 0 Å². The summed E-state index contributed by atoms with van der Waals surface area (Å²) in [5, 5.41) is 9.50. The van der Waals surface area contributed by atoms with Crippen molar-refractivity contribution in [2.75, 3.05) is 0 Å². The fourth-order valence-corrected chi connectivity index (χ4v) is 3.56. The van der Waals surface area contributed by atoms with Crippen LogP contribution in [0, 0.1) is 0 Å². The van der Waals surface area contributed by atoms with Crippen molar-refractivity contribution in [2.24, 2.45) is 7.05 Å². The Kier molecular flexibility index (Phi) is 5.00. The summed E-state index contributed by atoms with van der Waals surface area (Å²) in [6.45, 7) is 5.27. The molecule has 0 unspecified atom stereocenters. The van der Waals surface area contributed by atoms with E-state index in [0.717, 1.165) is 19.4 Å². The van der Waals surface area contributed by atoms with E-state index in [1.54, 1.807) is 0 Å². The minimum atomic E-state index is 0.457. The zero-order valence-electron chi connectivity index (χ0n) is 13.8. The summed E-state index contributed by atoms with van der Waals surface area (Å²) in [7, 11) is 1.99. The smallest absolute Gasteiger partial charge is 0.0694 e. The Labute approximate surface area is 148 Å². The van der Waals surface area contributed by atoms with E-state index in [0.29, 0.717) is 27.9 Å². The summed E-state index contributed by atoms with van der Waals surface area (Å²) in [6, 6.07) is 6.55. The van der Waals surface area contributed by atoms with Gasteiger partial charge in [0.25, 0.3) is 0 Å². The van der Waals surface area contributed by atoms with Crippen molar-refractivity contribution in [3.63, 3.8) is 0 Å². The minimum Gasteiger partial charge on any atom is -0.310 e. The van der Waals surface area contributed by atoms with Crippen LogP contribution in [0.3, 0.4) is 0 Å². The Hall–Kier alpha value is -1.03. The minimum absolute atomic E-state index is 0.457. The van der Waals surface area contributed by atoms with Crippen LogP contribution in [0.5, 0.6) is 0 Å². The van der Waals surface area contributed by atoms with Crippen LogP contribution >= 0.6 is 23.2 Å². The van der Waals surface area contributed by atoms with Gasteiger partial charge in [0, 0.05) is 31.4 Å². The van der Waals surface area contributed by atoms with E-state index in [-0.39, 0.29) is 0 Å². The number of halogens is 2. The molecule has 2 aromatic rings. The Morgan fingerprint density at radius 1 is 1.26 bits per heavy atom. The van der Waals surface area contributed by atoms with Gasteiger partial charge in [-0.15, -0.1) is 0 Å². The Morgan fingerprint density at radius 2 is 2.00 bits per heavy atom. The average molecular weight is 352 g/mol. The fourth-order valence-electron chi connectivity index (χ4n) is 3.25. The number of aromatic nitrogens is 2. The van der Waals surface area contributed by atoms with E-state index in [2.05, 4.69) is 36.5 Å². The molecule has 23 heavy (non-hydrogen) atoms. The summed E-state index contributed by atoms with van der Waals surface area (Å²) >= 11 is 12.1. The van der Waals surface area contributed by atoms with Gasteiger partial charge in [-0.3, -0.25) is 4.68 Å². The van der Waals surface area contributed by atoms with Crippen molar-refractivity contribution in [3.05, 3.63) is 51.3 Å². The molecular weight excluding hydrogens is 329 g/mol. The second kappa shape index (κ2) is 6.84. The van der Waals surface area contributed by atoms with Gasteiger partial charge < -0.3 is 5.32 Å². The Morgan fingerprint density at radius 3 is 2.65 bits per heavy atom. The van der Waals surface area contributed by atoms with Gasteiger partial charge in [-0.25, -0.2) is 0 Å². The molecule has 1 heterocycles. The lowest BCUT2D eigenvalue weighted by Crippen LogP contribution is -2.39. The first kappa shape index (κ1) is 16.8. The predicted molar refractivity (Wildman–Crippen MR) is 96.4 cm³/mol. The highest BCUT2D eigenvalue weighted by molar-refractivity contribution is 6.42. The van der Waals surface area contributed by atoms with Crippen LogP contribution in [-0.2, 0) is 13.6 Å². The summed E-state index contributed by atoms with van der Waals surface area (Å²) in [5.41, 5.74) is 3.79. The molecule has 0 amide bonds. The molecule has 3 nitrogen and oxygen atoms in total. The van der Waals surface area contributed by atoms with E-state index in [4.69, 9.17) is 23.2 Å². The monoisotopic (exact) mass is 351 g/mol. The Bertz CT molecular complexity index is 688. The molecule has 0 atom stereocenters. The van der Waals surface area contributed by atoms with Crippen molar-refractivity contribution in [3.8, 4) is 0 Å². The molecule has 1 aliphatic carbocycles. The zero-order valence-corrected chi connectivity index (χ0v) is 15.3. The van der Waals surface area contributed by atoms with E-state index in [1.807, 2.05) is 23.9 Å². The summed E-state index contributed by atoms with van der Waals surface area (Å²) in [5.74, 6) is 1.04. The van der Waals surface area contributed by atoms with E-state index in [9.17, 15) is 0 Å². The van der Waals surface area contributed by atoms with Crippen LogP contribution in [0.2, 0.25) is 10.0 Å². The molecule has 0 bridgehead atoms. The summed E-state index contributed by atoms with van der Waals surface area (Å²) < 4.78 is 1.91. The maximum atomic E-state index is 6.11. The molecule has 1 fully saturated rings. The summed E-state index contributed by atoms with van der Waals surface area (Å²) in [4.78, 5) is 0. The first-order valence-corrected chi connectivity index (χ1v) is 8.90. The van der Waals surface area contributed by atoms with Gasteiger partial charge in [0.05, 0.1) is 15.7 Å². The first-order valence-electron chi connectivity index (χ1n) is 8.14. The maximum Gasteiger partial charge on any atom is 0.0694 e. The lowest BCUT2D eigenvalue weighted by molar-refractivity contribution is 0.289. The highest BCUT2D eigenvalue weighted by Gasteiger charge is 2.30. The molecule has 124 valence electrons. The van der Waals surface area contributed by atoms with Gasteiger partial charge >= 0.3 is 0 Å². The van der Waals surface area contributed by atoms with Gasteiger partial charge in [0.2, 0.25) is 0 Å². The average Bonchev–Trinajstić information content (AvgIpc) is 2.82. The van der Waals surface area contributed by atoms with Crippen LogP contribution in [0.15, 0.2) is 24.4 Å². The van der Waals surface area contributed by atoms with E-state index >= 15 is 0 Å². The number of benzene rings is 1. The van der Waals surface area contributed by atoms with Crippen molar-refractivity contribution < 1.29 is 0 Å².